The van der Waals surface area contributed by atoms with E-state index in [1.54, 1.807) is 12.1 Å². The number of para-hydroxylation sites is 1. The molecular weight excluding hydrogens is 306 g/mol. The Kier molecular flexibility index (Phi) is 3.39. The number of benzene rings is 1. The average molecular weight is 317 g/mol. The van der Waals surface area contributed by atoms with Crippen LogP contribution in [0.4, 0.5) is 5.82 Å². The summed E-state index contributed by atoms with van der Waals surface area (Å²) in [7, 11) is 0. The second-order valence-corrected chi connectivity index (χ2v) is 4.94. The summed E-state index contributed by atoms with van der Waals surface area (Å²) in [6.45, 7) is 0. The molecule has 0 aliphatic heterocycles. The van der Waals surface area contributed by atoms with Crippen molar-refractivity contribution in [1.82, 2.24) is 29.7 Å². The normalized spacial score (nSPS) is 10.7. The minimum absolute atomic E-state index is 0.314. The van der Waals surface area contributed by atoms with E-state index in [0.29, 0.717) is 17.3 Å². The zero-order chi connectivity index (χ0) is 16.4. The highest BCUT2D eigenvalue weighted by molar-refractivity contribution is 6.03. The number of rotatable bonds is 3. The van der Waals surface area contributed by atoms with E-state index in [1.165, 1.54) is 23.7 Å². The number of carbonyl (C=O) groups is 1. The molecule has 3 heterocycles. The maximum atomic E-state index is 12.4. The number of nitrogens with one attached hydrogen (secondary N) is 1. The number of amides is 1. The van der Waals surface area contributed by atoms with Gasteiger partial charge in [-0.15, -0.1) is 0 Å². The summed E-state index contributed by atoms with van der Waals surface area (Å²) in [6, 6.07) is 12.8. The van der Waals surface area contributed by atoms with Crippen LogP contribution in [0, 0.1) is 0 Å². The molecule has 0 atom stereocenters. The predicted octanol–water partition coefficient (Wildman–Crippen LogP) is 1.86. The van der Waals surface area contributed by atoms with Crippen molar-refractivity contribution in [2.24, 2.45) is 0 Å². The van der Waals surface area contributed by atoms with Crippen LogP contribution in [0.2, 0.25) is 0 Å². The summed E-state index contributed by atoms with van der Waals surface area (Å²) in [5, 5.41) is 7.68. The molecule has 4 aromatic rings. The Hall–Kier alpha value is -3.68. The standard InChI is InChI=1S/C16H11N7O/c24-16(13-6-5-11-3-1-2-4-12(11)21-13)22-14-7-15(19-9-18-14)23-10-17-8-20-23/h1-10H,(H,18,19,22,24). The van der Waals surface area contributed by atoms with Gasteiger partial charge >= 0.3 is 0 Å². The molecule has 0 unspecified atom stereocenters. The molecular formula is C16H11N7O. The number of aromatic nitrogens is 6. The molecule has 0 spiro atoms. The first kappa shape index (κ1) is 13.9. The minimum atomic E-state index is -0.344. The summed E-state index contributed by atoms with van der Waals surface area (Å²) >= 11 is 0. The Bertz CT molecular complexity index is 1010. The van der Waals surface area contributed by atoms with Crippen LogP contribution in [0.5, 0.6) is 0 Å². The van der Waals surface area contributed by atoms with Gasteiger partial charge in [0, 0.05) is 11.5 Å². The van der Waals surface area contributed by atoms with Gasteiger partial charge in [-0.1, -0.05) is 24.3 Å². The number of hydrogen-bond acceptors (Lipinski definition) is 6. The summed E-state index contributed by atoms with van der Waals surface area (Å²) in [5.41, 5.74) is 1.07. The van der Waals surface area contributed by atoms with Crippen molar-refractivity contribution >= 4 is 22.6 Å². The van der Waals surface area contributed by atoms with E-state index in [9.17, 15) is 4.79 Å². The molecule has 3 aromatic heterocycles. The van der Waals surface area contributed by atoms with E-state index < -0.39 is 0 Å². The number of anilines is 1. The molecule has 1 aromatic carbocycles. The van der Waals surface area contributed by atoms with E-state index in [0.717, 1.165) is 10.9 Å². The number of hydrogen-bond donors (Lipinski definition) is 1. The highest BCUT2D eigenvalue weighted by atomic mass is 16.1. The summed E-state index contributed by atoms with van der Waals surface area (Å²) < 4.78 is 1.48. The molecule has 0 fully saturated rings. The van der Waals surface area contributed by atoms with Gasteiger partial charge in [-0.05, 0) is 12.1 Å². The van der Waals surface area contributed by atoms with E-state index in [-0.39, 0.29) is 5.91 Å². The quantitative estimate of drug-likeness (QED) is 0.619. The fourth-order valence-corrected chi connectivity index (χ4v) is 2.24. The van der Waals surface area contributed by atoms with E-state index in [2.05, 4.69) is 30.4 Å². The van der Waals surface area contributed by atoms with Crippen molar-refractivity contribution < 1.29 is 4.79 Å². The van der Waals surface area contributed by atoms with E-state index in [1.807, 2.05) is 30.3 Å². The molecule has 8 heteroatoms. The first-order valence-electron chi connectivity index (χ1n) is 7.14. The van der Waals surface area contributed by atoms with Gasteiger partial charge in [0.1, 0.15) is 30.5 Å². The lowest BCUT2D eigenvalue weighted by atomic mass is 10.2. The van der Waals surface area contributed by atoms with Crippen molar-refractivity contribution in [2.75, 3.05) is 5.32 Å². The van der Waals surface area contributed by atoms with Crippen LogP contribution in [0.25, 0.3) is 16.7 Å². The lowest BCUT2D eigenvalue weighted by Gasteiger charge is -2.06. The third kappa shape index (κ3) is 2.68. The monoisotopic (exact) mass is 317 g/mol. The number of pyridine rings is 1. The topological polar surface area (TPSA) is 98.5 Å². The Morgan fingerprint density at radius 3 is 2.83 bits per heavy atom. The lowest BCUT2D eigenvalue weighted by molar-refractivity contribution is 0.102. The summed E-state index contributed by atoms with van der Waals surface area (Å²) in [4.78, 5) is 28.7. The Balaban J connectivity index is 1.60. The maximum absolute atomic E-state index is 12.4. The molecule has 1 amide bonds. The van der Waals surface area contributed by atoms with Gasteiger partial charge in [0.25, 0.3) is 5.91 Å². The zero-order valence-electron chi connectivity index (χ0n) is 12.4. The molecule has 1 N–H and O–H groups in total. The van der Waals surface area contributed by atoms with Crippen LogP contribution in [-0.4, -0.2) is 35.6 Å². The van der Waals surface area contributed by atoms with Crippen LogP contribution in [-0.2, 0) is 0 Å². The van der Waals surface area contributed by atoms with Gasteiger partial charge in [0.2, 0.25) is 0 Å². The molecule has 0 aliphatic carbocycles. The van der Waals surface area contributed by atoms with Crippen LogP contribution in [0.1, 0.15) is 10.5 Å². The number of carbonyl (C=O) groups excluding carboxylic acids is 1. The van der Waals surface area contributed by atoms with Crippen molar-refractivity contribution in [1.29, 1.82) is 0 Å². The third-order valence-electron chi connectivity index (χ3n) is 3.38. The molecule has 4 rings (SSSR count). The van der Waals surface area contributed by atoms with Gasteiger partial charge in [-0.25, -0.2) is 24.6 Å². The molecule has 0 saturated carbocycles. The first-order chi connectivity index (χ1) is 11.8. The van der Waals surface area contributed by atoms with Crippen molar-refractivity contribution in [3.8, 4) is 5.82 Å². The Morgan fingerprint density at radius 2 is 1.96 bits per heavy atom. The fourth-order valence-electron chi connectivity index (χ4n) is 2.24. The predicted molar refractivity (Wildman–Crippen MR) is 86.6 cm³/mol. The van der Waals surface area contributed by atoms with Crippen molar-refractivity contribution in [3.05, 3.63) is 67.1 Å². The SMILES string of the molecule is O=C(Nc1cc(-n2cncn2)ncn1)c1ccc2ccccc2n1. The smallest absolute Gasteiger partial charge is 0.275 e. The van der Waals surface area contributed by atoms with Gasteiger partial charge < -0.3 is 5.32 Å². The molecule has 8 nitrogen and oxygen atoms in total. The molecule has 0 bridgehead atoms. The van der Waals surface area contributed by atoms with Crippen LogP contribution in [0.3, 0.4) is 0 Å². The van der Waals surface area contributed by atoms with Crippen LogP contribution < -0.4 is 5.32 Å². The fraction of sp³-hybridized carbons (Fsp3) is 0. The van der Waals surface area contributed by atoms with Crippen molar-refractivity contribution in [2.45, 2.75) is 0 Å². The van der Waals surface area contributed by atoms with Crippen LogP contribution >= 0.6 is 0 Å². The Labute approximate surface area is 136 Å². The van der Waals surface area contributed by atoms with E-state index in [4.69, 9.17) is 0 Å². The molecule has 0 saturated heterocycles. The largest absolute Gasteiger partial charge is 0.305 e. The zero-order valence-corrected chi connectivity index (χ0v) is 12.4. The summed E-state index contributed by atoms with van der Waals surface area (Å²) in [6.07, 6.45) is 4.26. The lowest BCUT2D eigenvalue weighted by Crippen LogP contribution is -2.15. The van der Waals surface area contributed by atoms with Crippen LogP contribution in [0.15, 0.2) is 61.4 Å². The van der Waals surface area contributed by atoms with Gasteiger partial charge in [-0.3, -0.25) is 4.79 Å². The van der Waals surface area contributed by atoms with Gasteiger partial charge in [0.15, 0.2) is 5.82 Å². The van der Waals surface area contributed by atoms with Gasteiger partial charge in [0.05, 0.1) is 5.52 Å². The molecule has 116 valence electrons. The Morgan fingerprint density at radius 1 is 1.04 bits per heavy atom. The molecule has 0 radical (unpaired) electrons. The highest BCUT2D eigenvalue weighted by Crippen LogP contribution is 2.13. The highest BCUT2D eigenvalue weighted by Gasteiger charge is 2.10. The average Bonchev–Trinajstić information content (AvgIpc) is 3.16. The van der Waals surface area contributed by atoms with Gasteiger partial charge in [-0.2, -0.15) is 5.10 Å². The van der Waals surface area contributed by atoms with E-state index >= 15 is 0 Å². The number of fused-ring (bicyclic) bond motifs is 1. The summed E-state index contributed by atoms with van der Waals surface area (Å²) in [5.74, 6) is 0.517. The second kappa shape index (κ2) is 5.84. The second-order valence-electron chi connectivity index (χ2n) is 4.94. The third-order valence-corrected chi connectivity index (χ3v) is 3.38. The van der Waals surface area contributed by atoms with Crippen molar-refractivity contribution in [3.63, 3.8) is 0 Å². The minimum Gasteiger partial charge on any atom is -0.305 e. The first-order valence-corrected chi connectivity index (χ1v) is 7.14. The number of nitrogens with zero attached hydrogens (tertiary/aromatic N) is 6. The molecule has 0 aliphatic rings. The maximum Gasteiger partial charge on any atom is 0.275 e. The molecule has 24 heavy (non-hydrogen) atoms.